The van der Waals surface area contributed by atoms with Crippen LogP contribution >= 0.6 is 0 Å². The van der Waals surface area contributed by atoms with Crippen molar-refractivity contribution in [3.63, 3.8) is 0 Å². The monoisotopic (exact) mass is 638 g/mol. The van der Waals surface area contributed by atoms with Crippen molar-refractivity contribution in [3.8, 4) is 11.4 Å². The third kappa shape index (κ3) is 6.76. The molecule has 14 heteroatoms. The number of hydrogen-bond donors (Lipinski definition) is 2. The number of ketones is 1. The molecule has 0 spiro atoms. The summed E-state index contributed by atoms with van der Waals surface area (Å²) in [7, 11) is 1.16. The maximum Gasteiger partial charge on any atom is 0.411 e. The summed E-state index contributed by atoms with van der Waals surface area (Å²) in [6, 6.07) is 15.2. The zero-order valence-electron chi connectivity index (χ0n) is 26.8. The Morgan fingerprint density at radius 1 is 0.979 bits per heavy atom. The second-order valence-corrected chi connectivity index (χ2v) is 11.7. The molecule has 242 valence electrons. The number of carbonyl (C=O) groups is 3. The second-order valence-electron chi connectivity index (χ2n) is 11.7. The molecule has 2 aromatic carbocycles. The molecule has 0 saturated heterocycles. The molecule has 0 radical (unpaired) electrons. The molecular weight excluding hydrogens is 604 g/mol. The summed E-state index contributed by atoms with van der Waals surface area (Å²) in [4.78, 5) is 66.4. The van der Waals surface area contributed by atoms with Gasteiger partial charge in [-0.25, -0.2) is 14.8 Å². The van der Waals surface area contributed by atoms with Crippen LogP contribution in [0.3, 0.4) is 0 Å². The van der Waals surface area contributed by atoms with Crippen LogP contribution in [-0.2, 0) is 21.5 Å². The van der Waals surface area contributed by atoms with Gasteiger partial charge in [-0.2, -0.15) is 0 Å². The van der Waals surface area contributed by atoms with E-state index >= 15 is 0 Å². The number of methoxy groups -OCH3 is 1. The molecule has 0 aliphatic heterocycles. The van der Waals surface area contributed by atoms with E-state index in [4.69, 9.17) is 9.40 Å². The zero-order valence-corrected chi connectivity index (χ0v) is 26.8. The van der Waals surface area contributed by atoms with Gasteiger partial charge in [0.1, 0.15) is 18.1 Å². The molecule has 1 atom stereocenters. The van der Waals surface area contributed by atoms with E-state index in [1.54, 1.807) is 57.3 Å². The molecule has 0 bridgehead atoms. The fraction of sp³-hybridized carbons (Fsp3) is 0.303. The normalized spacial score (nSPS) is 12.1. The highest BCUT2D eigenvalue weighted by Gasteiger charge is 2.35. The van der Waals surface area contributed by atoms with E-state index < -0.39 is 41.3 Å². The number of ether oxygens (including phenoxy) is 1. The Hall–Kier alpha value is -5.79. The van der Waals surface area contributed by atoms with Gasteiger partial charge in [-0.15, -0.1) is 10.2 Å². The van der Waals surface area contributed by atoms with Gasteiger partial charge in [0.05, 0.1) is 47.2 Å². The first kappa shape index (κ1) is 32.6. The van der Waals surface area contributed by atoms with Crippen molar-refractivity contribution < 1.29 is 23.5 Å². The SMILES string of the molecule is COC(=O)Nc1c(C)nc(-c2ccccc2)n(CC(=O)N[C@@H](C(=O)c2nnc(C(C)(C)c3cnc4ccccc4n3)o2)C(C)C)c1=O. The topological polar surface area (TPSA) is 184 Å². The van der Waals surface area contributed by atoms with Crippen molar-refractivity contribution in [2.45, 2.75) is 52.6 Å². The number of para-hydroxylation sites is 2. The number of anilines is 1. The number of rotatable bonds is 10. The third-order valence-electron chi connectivity index (χ3n) is 7.62. The fourth-order valence-electron chi connectivity index (χ4n) is 4.89. The summed E-state index contributed by atoms with van der Waals surface area (Å²) in [6.45, 7) is 8.21. The van der Waals surface area contributed by atoms with Crippen molar-refractivity contribution in [1.29, 1.82) is 0 Å². The van der Waals surface area contributed by atoms with Crippen molar-refractivity contribution in [2.75, 3.05) is 12.4 Å². The van der Waals surface area contributed by atoms with Crippen LogP contribution in [0.5, 0.6) is 0 Å². The Morgan fingerprint density at radius 2 is 1.66 bits per heavy atom. The van der Waals surface area contributed by atoms with Crippen molar-refractivity contribution in [2.24, 2.45) is 5.92 Å². The lowest BCUT2D eigenvalue weighted by molar-refractivity contribution is -0.122. The van der Waals surface area contributed by atoms with Gasteiger partial charge < -0.3 is 14.5 Å². The largest absolute Gasteiger partial charge is 0.453 e. The molecule has 5 rings (SSSR count). The molecule has 47 heavy (non-hydrogen) atoms. The number of nitrogens with zero attached hydrogens (tertiary/aromatic N) is 6. The number of carbonyl (C=O) groups excluding carboxylic acids is 3. The van der Waals surface area contributed by atoms with Gasteiger partial charge in [0.15, 0.2) is 0 Å². The molecule has 3 heterocycles. The highest BCUT2D eigenvalue weighted by atomic mass is 16.5. The number of nitrogens with one attached hydrogen (secondary N) is 2. The lowest BCUT2D eigenvalue weighted by atomic mass is 9.89. The molecule has 14 nitrogen and oxygen atoms in total. The first-order valence-electron chi connectivity index (χ1n) is 14.8. The van der Waals surface area contributed by atoms with Crippen LogP contribution in [0.25, 0.3) is 22.4 Å². The molecular formula is C33H34N8O6. The molecule has 5 aromatic rings. The van der Waals surface area contributed by atoms with Crippen LogP contribution in [0.1, 0.15) is 55.7 Å². The molecule has 0 unspecified atom stereocenters. The van der Waals surface area contributed by atoms with Gasteiger partial charge in [-0.05, 0) is 38.8 Å². The lowest BCUT2D eigenvalue weighted by Gasteiger charge is -2.21. The summed E-state index contributed by atoms with van der Waals surface area (Å²) in [5, 5.41) is 13.2. The molecule has 3 aromatic heterocycles. The first-order chi connectivity index (χ1) is 22.4. The van der Waals surface area contributed by atoms with Crippen LogP contribution in [-0.4, -0.2) is 60.7 Å². The van der Waals surface area contributed by atoms with Crippen molar-refractivity contribution in [3.05, 3.63) is 94.3 Å². The average Bonchev–Trinajstić information content (AvgIpc) is 3.58. The van der Waals surface area contributed by atoms with Crippen molar-refractivity contribution >= 4 is 34.5 Å². The van der Waals surface area contributed by atoms with Crippen LogP contribution in [0.4, 0.5) is 10.5 Å². The standard InChI is InChI=1S/C33H34N8O6/c1-18(2)25(27(43)29-39-40-31(47-29)33(4,5)23-16-34-21-14-10-11-15-22(21)36-23)37-24(42)17-41-28(20-12-8-7-9-13-20)35-19(3)26(30(41)44)38-32(45)46-6/h7-16,18,25H,17H2,1-6H3,(H,37,42)(H,38,45)/t25-/m1/s1. The summed E-state index contributed by atoms with van der Waals surface area (Å²) in [5.41, 5.74) is 1.10. The number of Topliss-reactive ketones (excluding diaryl/α,β-unsaturated/α-hetero) is 1. The van der Waals surface area contributed by atoms with E-state index in [-0.39, 0.29) is 34.9 Å². The minimum atomic E-state index is -1.07. The van der Waals surface area contributed by atoms with E-state index in [1.807, 2.05) is 38.1 Å². The van der Waals surface area contributed by atoms with E-state index in [2.05, 4.69) is 35.5 Å². The fourth-order valence-corrected chi connectivity index (χ4v) is 4.89. The summed E-state index contributed by atoms with van der Waals surface area (Å²) >= 11 is 0. The highest BCUT2D eigenvalue weighted by molar-refractivity contribution is 5.98. The quantitative estimate of drug-likeness (QED) is 0.210. The Morgan fingerprint density at radius 3 is 2.34 bits per heavy atom. The first-order valence-corrected chi connectivity index (χ1v) is 14.8. The van der Waals surface area contributed by atoms with Gasteiger partial charge in [-0.1, -0.05) is 56.3 Å². The predicted octanol–water partition coefficient (Wildman–Crippen LogP) is 4.07. The van der Waals surface area contributed by atoms with Crippen molar-refractivity contribution in [1.82, 2.24) is 35.0 Å². The maximum atomic E-state index is 13.7. The number of fused-ring (bicyclic) bond motifs is 1. The third-order valence-corrected chi connectivity index (χ3v) is 7.62. The van der Waals surface area contributed by atoms with Gasteiger partial charge >= 0.3 is 6.09 Å². The number of aromatic nitrogens is 6. The molecule has 0 saturated carbocycles. The Kier molecular flexibility index (Phi) is 9.22. The highest BCUT2D eigenvalue weighted by Crippen LogP contribution is 2.30. The average molecular weight is 639 g/mol. The number of aryl methyl sites for hydroxylation is 1. The van der Waals surface area contributed by atoms with Gasteiger partial charge in [0.2, 0.25) is 17.6 Å². The molecule has 2 N–H and O–H groups in total. The minimum absolute atomic E-state index is 0.141. The van der Waals surface area contributed by atoms with Gasteiger partial charge in [-0.3, -0.25) is 29.3 Å². The summed E-state index contributed by atoms with van der Waals surface area (Å²) < 4.78 is 11.6. The van der Waals surface area contributed by atoms with Gasteiger partial charge in [0, 0.05) is 5.56 Å². The van der Waals surface area contributed by atoms with E-state index in [1.165, 1.54) is 0 Å². The van der Waals surface area contributed by atoms with E-state index in [0.717, 1.165) is 17.2 Å². The Labute approximate surface area is 269 Å². The molecule has 0 fully saturated rings. The summed E-state index contributed by atoms with van der Waals surface area (Å²) in [5.74, 6) is -1.58. The summed E-state index contributed by atoms with van der Waals surface area (Å²) in [6.07, 6.45) is 0.763. The van der Waals surface area contributed by atoms with Gasteiger partial charge in [0.25, 0.3) is 11.4 Å². The van der Waals surface area contributed by atoms with Crippen LogP contribution in [0.2, 0.25) is 0 Å². The Bertz CT molecular complexity index is 2020. The van der Waals surface area contributed by atoms with Crippen LogP contribution in [0.15, 0.2) is 70.0 Å². The van der Waals surface area contributed by atoms with E-state index in [0.29, 0.717) is 16.8 Å². The zero-order chi connectivity index (χ0) is 33.9. The minimum Gasteiger partial charge on any atom is -0.453 e. The molecule has 0 aliphatic rings. The number of amides is 2. The number of hydrogen-bond acceptors (Lipinski definition) is 11. The van der Waals surface area contributed by atoms with Crippen LogP contribution in [0, 0.1) is 12.8 Å². The maximum absolute atomic E-state index is 13.7. The predicted molar refractivity (Wildman–Crippen MR) is 172 cm³/mol. The van der Waals surface area contributed by atoms with E-state index in [9.17, 15) is 19.2 Å². The van der Waals surface area contributed by atoms with Crippen LogP contribution < -0.4 is 16.2 Å². The Balaban J connectivity index is 1.41. The second kappa shape index (κ2) is 13.3. The lowest BCUT2D eigenvalue weighted by Crippen LogP contribution is -2.47. The smallest absolute Gasteiger partial charge is 0.411 e. The molecule has 0 aliphatic carbocycles. The number of benzene rings is 2. The molecule has 2 amide bonds.